The summed E-state index contributed by atoms with van der Waals surface area (Å²) in [4.78, 5) is 0. The summed E-state index contributed by atoms with van der Waals surface area (Å²) < 4.78 is 25.1. The molecule has 1 aliphatic carbocycles. The molecule has 2 unspecified atom stereocenters. The van der Waals surface area contributed by atoms with E-state index in [1.807, 2.05) is 19.1 Å². The van der Waals surface area contributed by atoms with Gasteiger partial charge in [0.1, 0.15) is 5.82 Å². The molecular formula is C17H24FNO2. The van der Waals surface area contributed by atoms with Crippen LogP contribution in [0.3, 0.4) is 0 Å². The Morgan fingerprint density at radius 1 is 1.33 bits per heavy atom. The number of benzene rings is 1. The van der Waals surface area contributed by atoms with Gasteiger partial charge >= 0.3 is 0 Å². The Morgan fingerprint density at radius 3 is 2.81 bits per heavy atom. The van der Waals surface area contributed by atoms with Crippen molar-refractivity contribution in [2.45, 2.75) is 50.2 Å². The Bertz CT molecular complexity index is 456. The topological polar surface area (TPSA) is 30.5 Å². The highest BCUT2D eigenvalue weighted by Crippen LogP contribution is 2.44. The van der Waals surface area contributed by atoms with Gasteiger partial charge in [-0.25, -0.2) is 4.39 Å². The lowest BCUT2D eigenvalue weighted by atomic mass is 9.72. The van der Waals surface area contributed by atoms with Crippen LogP contribution in [0.4, 0.5) is 4.39 Å². The van der Waals surface area contributed by atoms with Crippen LogP contribution in [0, 0.1) is 5.82 Å². The molecule has 4 heteroatoms. The smallest absolute Gasteiger partial charge is 0.123 e. The minimum Gasteiger partial charge on any atom is -0.378 e. The highest BCUT2D eigenvalue weighted by atomic mass is 19.1. The summed E-state index contributed by atoms with van der Waals surface area (Å²) in [6, 6.07) is 6.91. The van der Waals surface area contributed by atoms with Gasteiger partial charge in [-0.05, 0) is 56.3 Å². The van der Waals surface area contributed by atoms with Crippen molar-refractivity contribution >= 4 is 0 Å². The molecule has 0 aromatic heterocycles. The molecule has 21 heavy (non-hydrogen) atoms. The summed E-state index contributed by atoms with van der Waals surface area (Å²) in [5.41, 5.74) is 1.12. The molecule has 1 saturated heterocycles. The predicted octanol–water partition coefficient (Wildman–Crippen LogP) is 3.20. The molecule has 3 atom stereocenters. The van der Waals surface area contributed by atoms with E-state index in [0.717, 1.165) is 38.8 Å². The van der Waals surface area contributed by atoms with Crippen molar-refractivity contribution in [3.05, 3.63) is 35.6 Å². The second-order valence-corrected chi connectivity index (χ2v) is 6.19. The van der Waals surface area contributed by atoms with Crippen LogP contribution in [-0.4, -0.2) is 31.6 Å². The van der Waals surface area contributed by atoms with Gasteiger partial charge in [0.2, 0.25) is 0 Å². The van der Waals surface area contributed by atoms with Crippen molar-refractivity contribution in [3.63, 3.8) is 0 Å². The molecule has 0 bridgehead atoms. The highest BCUT2D eigenvalue weighted by molar-refractivity contribution is 5.22. The first kappa shape index (κ1) is 14.9. The Hall–Kier alpha value is -0.970. The second kappa shape index (κ2) is 6.42. The summed E-state index contributed by atoms with van der Waals surface area (Å²) in [6.07, 6.45) is 4.23. The summed E-state index contributed by atoms with van der Waals surface area (Å²) in [5, 5.41) is 3.25. The van der Waals surface area contributed by atoms with E-state index >= 15 is 0 Å². The Morgan fingerprint density at radius 2 is 2.14 bits per heavy atom. The molecule has 1 saturated carbocycles. The average Bonchev–Trinajstić information content (AvgIpc) is 2.48. The molecule has 1 N–H and O–H groups in total. The van der Waals surface area contributed by atoms with E-state index < -0.39 is 0 Å². The molecule has 1 spiro atoms. The number of ether oxygens (including phenoxy) is 2. The minimum absolute atomic E-state index is 0.0810. The first-order valence-electron chi connectivity index (χ1n) is 7.92. The van der Waals surface area contributed by atoms with Crippen molar-refractivity contribution in [2.75, 3.05) is 19.9 Å². The third-order valence-electron chi connectivity index (χ3n) is 4.75. The third kappa shape index (κ3) is 3.44. The van der Waals surface area contributed by atoms with E-state index in [2.05, 4.69) is 5.32 Å². The van der Waals surface area contributed by atoms with E-state index in [-0.39, 0.29) is 17.5 Å². The molecule has 1 aliphatic heterocycles. The number of hydrogen-bond acceptors (Lipinski definition) is 3. The molecule has 3 rings (SSSR count). The van der Waals surface area contributed by atoms with Gasteiger partial charge < -0.3 is 9.47 Å². The lowest BCUT2D eigenvalue weighted by Crippen LogP contribution is -2.50. The van der Waals surface area contributed by atoms with Crippen LogP contribution >= 0.6 is 0 Å². The Kier molecular flexibility index (Phi) is 4.57. The average molecular weight is 293 g/mol. The fraction of sp³-hybridized carbons (Fsp3) is 0.647. The van der Waals surface area contributed by atoms with E-state index in [1.54, 1.807) is 12.1 Å². The summed E-state index contributed by atoms with van der Waals surface area (Å²) in [7, 11) is 0. The van der Waals surface area contributed by atoms with E-state index in [1.165, 1.54) is 5.56 Å². The Labute approximate surface area is 125 Å². The number of halogens is 1. The van der Waals surface area contributed by atoms with Gasteiger partial charge in [0, 0.05) is 13.0 Å². The zero-order chi connectivity index (χ0) is 14.7. The van der Waals surface area contributed by atoms with Crippen LogP contribution in [0.5, 0.6) is 0 Å². The molecule has 116 valence electrons. The van der Waals surface area contributed by atoms with Gasteiger partial charge in [0.25, 0.3) is 0 Å². The van der Waals surface area contributed by atoms with Crippen molar-refractivity contribution in [1.29, 1.82) is 0 Å². The van der Waals surface area contributed by atoms with Crippen molar-refractivity contribution in [2.24, 2.45) is 0 Å². The van der Waals surface area contributed by atoms with Gasteiger partial charge in [-0.3, -0.25) is 5.32 Å². The van der Waals surface area contributed by atoms with Gasteiger partial charge in [-0.2, -0.15) is 0 Å². The summed E-state index contributed by atoms with van der Waals surface area (Å²) >= 11 is 0. The van der Waals surface area contributed by atoms with Crippen LogP contribution < -0.4 is 5.32 Å². The van der Waals surface area contributed by atoms with Gasteiger partial charge in [0.15, 0.2) is 0 Å². The van der Waals surface area contributed by atoms with Crippen molar-refractivity contribution in [3.8, 4) is 0 Å². The molecule has 1 aromatic carbocycles. The number of nitrogens with one attached hydrogen (secondary N) is 1. The SMILES string of the molecule is CCOC1CC(c2ccc(F)cc2)C[C@]2(CCNCO2)C1. The van der Waals surface area contributed by atoms with E-state index in [9.17, 15) is 4.39 Å². The number of rotatable bonds is 3. The fourth-order valence-electron chi connectivity index (χ4n) is 3.77. The first-order chi connectivity index (χ1) is 10.2. The van der Waals surface area contributed by atoms with E-state index in [0.29, 0.717) is 12.6 Å². The summed E-state index contributed by atoms with van der Waals surface area (Å²) in [6.45, 7) is 4.39. The third-order valence-corrected chi connectivity index (χ3v) is 4.75. The Balaban J connectivity index is 1.80. The standard InChI is InChI=1S/C17H24FNO2/c1-2-20-16-9-14(13-3-5-15(18)6-4-13)10-17(11-16)7-8-19-12-21-17/h3-6,14,16,19H,2,7-12H2,1H3/t14?,16?,17-/m1/s1. The molecule has 0 amide bonds. The monoisotopic (exact) mass is 293 g/mol. The maximum Gasteiger partial charge on any atom is 0.123 e. The lowest BCUT2D eigenvalue weighted by molar-refractivity contribution is -0.141. The van der Waals surface area contributed by atoms with Crippen LogP contribution in [-0.2, 0) is 9.47 Å². The summed E-state index contributed by atoms with van der Waals surface area (Å²) in [5.74, 6) is 0.206. The fourth-order valence-corrected chi connectivity index (χ4v) is 3.77. The van der Waals surface area contributed by atoms with Crippen LogP contribution in [0.25, 0.3) is 0 Å². The molecule has 1 heterocycles. The van der Waals surface area contributed by atoms with Crippen LogP contribution in [0.2, 0.25) is 0 Å². The predicted molar refractivity (Wildman–Crippen MR) is 79.7 cm³/mol. The molecule has 2 fully saturated rings. The zero-order valence-electron chi connectivity index (χ0n) is 12.6. The lowest BCUT2D eigenvalue weighted by Gasteiger charge is -2.46. The van der Waals surface area contributed by atoms with Gasteiger partial charge in [-0.1, -0.05) is 12.1 Å². The highest BCUT2D eigenvalue weighted by Gasteiger charge is 2.43. The molecule has 1 aromatic rings. The molecule has 3 nitrogen and oxygen atoms in total. The largest absolute Gasteiger partial charge is 0.378 e. The normalized spacial score (nSPS) is 33.2. The van der Waals surface area contributed by atoms with Crippen molar-refractivity contribution in [1.82, 2.24) is 5.32 Å². The number of hydrogen-bond donors (Lipinski definition) is 1. The van der Waals surface area contributed by atoms with Gasteiger partial charge in [0.05, 0.1) is 18.4 Å². The van der Waals surface area contributed by atoms with Gasteiger partial charge in [-0.15, -0.1) is 0 Å². The molecule has 0 radical (unpaired) electrons. The second-order valence-electron chi connectivity index (χ2n) is 6.19. The molecule has 2 aliphatic rings. The minimum atomic E-state index is -0.177. The van der Waals surface area contributed by atoms with Crippen molar-refractivity contribution < 1.29 is 13.9 Å². The zero-order valence-corrected chi connectivity index (χ0v) is 12.6. The maximum absolute atomic E-state index is 13.1. The van der Waals surface area contributed by atoms with Crippen LogP contribution in [0.15, 0.2) is 24.3 Å². The van der Waals surface area contributed by atoms with Crippen LogP contribution in [0.1, 0.15) is 44.1 Å². The van der Waals surface area contributed by atoms with E-state index in [4.69, 9.17) is 9.47 Å². The first-order valence-corrected chi connectivity index (χ1v) is 7.92. The molecular weight excluding hydrogens is 269 g/mol. The maximum atomic E-state index is 13.1. The quantitative estimate of drug-likeness (QED) is 0.928.